The average molecular weight is 409 g/mol. The van der Waals surface area contributed by atoms with Crippen molar-refractivity contribution in [2.45, 2.75) is 25.7 Å². The predicted molar refractivity (Wildman–Crippen MR) is 104 cm³/mol. The van der Waals surface area contributed by atoms with Gasteiger partial charge in [0.15, 0.2) is 5.06 Å². The molecule has 0 bridgehead atoms. The Balaban J connectivity index is 1.70. The molecule has 2 aromatic rings. The first-order chi connectivity index (χ1) is 13.0. The zero-order valence-electron chi connectivity index (χ0n) is 15.2. The van der Waals surface area contributed by atoms with Crippen molar-refractivity contribution in [3.63, 3.8) is 0 Å². The molecule has 3 heterocycles. The van der Waals surface area contributed by atoms with E-state index in [2.05, 4.69) is 4.98 Å². The van der Waals surface area contributed by atoms with Crippen LogP contribution < -0.4 is 4.74 Å². The molecule has 0 aliphatic carbocycles. The largest absolute Gasteiger partial charge is 0.487 e. The van der Waals surface area contributed by atoms with Crippen LogP contribution in [0.3, 0.4) is 0 Å². The maximum Gasteiger partial charge on any atom is 0.340 e. The maximum absolute atomic E-state index is 12.7. The maximum atomic E-state index is 12.7. The molecule has 3 rings (SSSR count). The highest BCUT2D eigenvalue weighted by Gasteiger charge is 2.29. The highest BCUT2D eigenvalue weighted by atomic mass is 35.5. The topological polar surface area (TPSA) is 68.7 Å². The number of pyridine rings is 1. The molecule has 0 N–H and O–H groups in total. The fraction of sp³-hybridized carbons (Fsp3) is 0.421. The number of hydrogen-bond donors (Lipinski definition) is 0. The number of piperidine rings is 1. The van der Waals surface area contributed by atoms with Crippen LogP contribution in [0.4, 0.5) is 0 Å². The van der Waals surface area contributed by atoms with Crippen LogP contribution in [0.15, 0.2) is 24.4 Å². The van der Waals surface area contributed by atoms with Crippen molar-refractivity contribution in [1.29, 1.82) is 0 Å². The fourth-order valence-corrected chi connectivity index (χ4v) is 4.15. The second kappa shape index (κ2) is 8.71. The highest BCUT2D eigenvalue weighted by molar-refractivity contribution is 7.15. The van der Waals surface area contributed by atoms with Gasteiger partial charge in [-0.05, 0) is 38.0 Å². The number of methoxy groups -OCH3 is 1. The number of amides is 1. The number of carbonyl (C=O) groups excluding carboxylic acids is 2. The zero-order valence-corrected chi connectivity index (χ0v) is 16.8. The number of halogens is 1. The Morgan fingerprint density at radius 3 is 2.70 bits per heavy atom. The van der Waals surface area contributed by atoms with Crippen molar-refractivity contribution >= 4 is 34.8 Å². The zero-order chi connectivity index (χ0) is 19.4. The van der Waals surface area contributed by atoms with Gasteiger partial charge in [-0.2, -0.15) is 0 Å². The van der Waals surface area contributed by atoms with Crippen LogP contribution in [0.5, 0.6) is 5.06 Å². The summed E-state index contributed by atoms with van der Waals surface area (Å²) in [7, 11) is 1.59. The van der Waals surface area contributed by atoms with Gasteiger partial charge in [0.05, 0.1) is 34.9 Å². The summed E-state index contributed by atoms with van der Waals surface area (Å²) in [5.74, 6) is -0.313. The van der Waals surface area contributed by atoms with Crippen molar-refractivity contribution in [2.24, 2.45) is 0 Å². The van der Waals surface area contributed by atoms with E-state index in [9.17, 15) is 9.59 Å². The summed E-state index contributed by atoms with van der Waals surface area (Å²) in [6, 6.07) is 5.20. The van der Waals surface area contributed by atoms with E-state index in [4.69, 9.17) is 21.1 Å². The Kier molecular flexibility index (Phi) is 6.34. The first kappa shape index (κ1) is 19.6. The van der Waals surface area contributed by atoms with E-state index in [1.54, 1.807) is 38.4 Å². The van der Waals surface area contributed by atoms with Crippen LogP contribution in [0.2, 0.25) is 5.02 Å². The predicted octanol–water partition coefficient (Wildman–Crippen LogP) is 4.00. The second-order valence-electron chi connectivity index (χ2n) is 6.20. The van der Waals surface area contributed by atoms with Crippen LogP contribution in [0.25, 0.3) is 0 Å². The van der Waals surface area contributed by atoms with Crippen LogP contribution in [-0.4, -0.2) is 48.6 Å². The molecule has 6 nitrogen and oxygen atoms in total. The van der Waals surface area contributed by atoms with Gasteiger partial charge in [-0.3, -0.25) is 9.78 Å². The molecule has 0 aromatic carbocycles. The summed E-state index contributed by atoms with van der Waals surface area (Å²) >= 11 is 7.36. The number of esters is 1. The lowest BCUT2D eigenvalue weighted by Gasteiger charge is -2.32. The molecular formula is C19H21ClN2O4S. The van der Waals surface area contributed by atoms with Gasteiger partial charge in [-0.1, -0.05) is 22.9 Å². The number of nitrogens with zero attached hydrogens (tertiary/aromatic N) is 2. The lowest BCUT2D eigenvalue weighted by atomic mass is 9.90. The van der Waals surface area contributed by atoms with Crippen molar-refractivity contribution in [3.05, 3.63) is 45.6 Å². The Labute approximate surface area is 167 Å². The summed E-state index contributed by atoms with van der Waals surface area (Å²) in [5, 5.41) is 1.12. The standard InChI is InChI=1S/C19H21ClN2O4S/c1-3-26-19(24)14-10-13(20)11-21-17(14)12-6-8-22(9-7-12)18(23)15-4-5-16(25-2)27-15/h4-5,10-12H,3,6-9H2,1-2H3. The molecule has 2 aromatic heterocycles. The van der Waals surface area contributed by atoms with Gasteiger partial charge in [-0.15, -0.1) is 0 Å². The summed E-state index contributed by atoms with van der Waals surface area (Å²) in [6.45, 7) is 3.27. The molecule has 1 fully saturated rings. The van der Waals surface area contributed by atoms with Crippen molar-refractivity contribution in [3.8, 4) is 5.06 Å². The van der Waals surface area contributed by atoms with Gasteiger partial charge < -0.3 is 14.4 Å². The van der Waals surface area contributed by atoms with Gasteiger partial charge in [0, 0.05) is 25.2 Å². The van der Waals surface area contributed by atoms with Crippen LogP contribution in [-0.2, 0) is 4.74 Å². The number of thiophene rings is 1. The molecule has 0 saturated carbocycles. The van der Waals surface area contributed by atoms with E-state index in [1.165, 1.54) is 11.3 Å². The van der Waals surface area contributed by atoms with Crippen molar-refractivity contribution < 1.29 is 19.1 Å². The highest BCUT2D eigenvalue weighted by Crippen LogP contribution is 2.32. The first-order valence-electron chi connectivity index (χ1n) is 8.79. The molecule has 27 heavy (non-hydrogen) atoms. The Morgan fingerprint density at radius 1 is 1.33 bits per heavy atom. The number of hydrogen-bond acceptors (Lipinski definition) is 6. The van der Waals surface area contributed by atoms with Gasteiger partial charge in [0.1, 0.15) is 0 Å². The minimum absolute atomic E-state index is 0.0106. The third kappa shape index (κ3) is 4.42. The second-order valence-corrected chi connectivity index (χ2v) is 7.68. The molecule has 1 saturated heterocycles. The Hall–Kier alpha value is -2.12. The number of rotatable bonds is 5. The van der Waals surface area contributed by atoms with Gasteiger partial charge in [0.25, 0.3) is 5.91 Å². The first-order valence-corrected chi connectivity index (χ1v) is 9.98. The minimum Gasteiger partial charge on any atom is -0.487 e. The molecule has 0 spiro atoms. The number of likely N-dealkylation sites (tertiary alicyclic amines) is 1. The molecule has 1 aliphatic rings. The summed E-state index contributed by atoms with van der Waals surface area (Å²) in [6.07, 6.45) is 3.01. The molecule has 0 atom stereocenters. The van der Waals surface area contributed by atoms with Gasteiger partial charge in [0.2, 0.25) is 0 Å². The lowest BCUT2D eigenvalue weighted by Crippen LogP contribution is -2.38. The minimum atomic E-state index is -0.410. The third-order valence-corrected chi connectivity index (χ3v) is 5.78. The van der Waals surface area contributed by atoms with E-state index in [1.807, 2.05) is 4.90 Å². The van der Waals surface area contributed by atoms with E-state index >= 15 is 0 Å². The van der Waals surface area contributed by atoms with E-state index in [0.717, 1.165) is 17.9 Å². The van der Waals surface area contributed by atoms with Crippen LogP contribution in [0, 0.1) is 0 Å². The summed E-state index contributed by atoms with van der Waals surface area (Å²) in [5.41, 5.74) is 1.11. The van der Waals surface area contributed by atoms with Gasteiger partial charge >= 0.3 is 5.97 Å². The Morgan fingerprint density at radius 2 is 2.07 bits per heavy atom. The molecule has 1 aliphatic heterocycles. The van der Waals surface area contributed by atoms with Crippen molar-refractivity contribution in [1.82, 2.24) is 9.88 Å². The monoisotopic (exact) mass is 408 g/mol. The Bertz CT molecular complexity index is 831. The summed E-state index contributed by atoms with van der Waals surface area (Å²) < 4.78 is 10.3. The quantitative estimate of drug-likeness (QED) is 0.699. The average Bonchev–Trinajstić information content (AvgIpc) is 3.17. The van der Waals surface area contributed by atoms with Crippen LogP contribution >= 0.6 is 22.9 Å². The number of aromatic nitrogens is 1. The third-order valence-electron chi connectivity index (χ3n) is 4.54. The molecule has 1 amide bonds. The lowest BCUT2D eigenvalue weighted by molar-refractivity contribution is 0.0521. The molecule has 8 heteroatoms. The van der Waals surface area contributed by atoms with E-state index in [-0.39, 0.29) is 11.8 Å². The normalized spacial score (nSPS) is 14.9. The van der Waals surface area contributed by atoms with Gasteiger partial charge in [-0.25, -0.2) is 4.79 Å². The smallest absolute Gasteiger partial charge is 0.340 e. The van der Waals surface area contributed by atoms with E-state index in [0.29, 0.717) is 40.9 Å². The molecule has 144 valence electrons. The molecule has 0 radical (unpaired) electrons. The summed E-state index contributed by atoms with van der Waals surface area (Å²) in [4.78, 5) is 31.8. The van der Waals surface area contributed by atoms with Crippen molar-refractivity contribution in [2.75, 3.05) is 26.8 Å². The fourth-order valence-electron chi connectivity index (χ4n) is 3.20. The molecule has 0 unspecified atom stereocenters. The molecular weight excluding hydrogens is 388 g/mol. The number of carbonyl (C=O) groups is 2. The van der Waals surface area contributed by atoms with Crippen LogP contribution in [0.1, 0.15) is 51.4 Å². The number of ether oxygens (including phenoxy) is 2. The SMILES string of the molecule is CCOC(=O)c1cc(Cl)cnc1C1CCN(C(=O)c2ccc(OC)s2)CC1. The van der Waals surface area contributed by atoms with E-state index < -0.39 is 5.97 Å².